The number of nitrogens with zero attached hydrogens (tertiary/aromatic N) is 3. The Labute approximate surface area is 140 Å². The molecule has 0 saturated heterocycles. The van der Waals surface area contributed by atoms with E-state index < -0.39 is 0 Å². The van der Waals surface area contributed by atoms with E-state index >= 15 is 0 Å². The zero-order chi connectivity index (χ0) is 16.9. The van der Waals surface area contributed by atoms with E-state index in [0.29, 0.717) is 18.1 Å². The molecule has 3 rings (SSSR count). The van der Waals surface area contributed by atoms with Gasteiger partial charge in [0.15, 0.2) is 5.69 Å². The second-order valence-corrected chi connectivity index (χ2v) is 5.42. The number of fused-ring (bicyclic) bond motifs is 1. The molecule has 1 heterocycles. The van der Waals surface area contributed by atoms with Gasteiger partial charge < -0.3 is 9.64 Å². The molecule has 0 N–H and O–H groups in total. The molecule has 5 heteroatoms. The minimum atomic E-state index is -0.164. The first-order chi connectivity index (χ1) is 11.7. The molecule has 0 bridgehead atoms. The van der Waals surface area contributed by atoms with E-state index in [4.69, 9.17) is 4.74 Å². The second-order valence-electron chi connectivity index (χ2n) is 5.42. The van der Waals surface area contributed by atoms with E-state index in [2.05, 4.69) is 10.2 Å². The number of anilines is 1. The van der Waals surface area contributed by atoms with Crippen LogP contribution in [0, 0.1) is 0 Å². The molecule has 0 fully saturated rings. The van der Waals surface area contributed by atoms with Crippen LogP contribution < -0.4 is 9.64 Å². The minimum absolute atomic E-state index is 0.164. The third kappa shape index (κ3) is 3.06. The van der Waals surface area contributed by atoms with Crippen molar-refractivity contribution in [3.05, 3.63) is 60.3 Å². The number of carbonyl (C=O) groups is 1. The second kappa shape index (κ2) is 7.08. The van der Waals surface area contributed by atoms with Crippen LogP contribution in [0.15, 0.2) is 54.6 Å². The van der Waals surface area contributed by atoms with Crippen LogP contribution in [0.2, 0.25) is 0 Å². The minimum Gasteiger partial charge on any atom is -0.480 e. The molecule has 0 saturated carbocycles. The number of amides is 1. The predicted octanol–water partition coefficient (Wildman–Crippen LogP) is 3.70. The van der Waals surface area contributed by atoms with Crippen molar-refractivity contribution in [2.75, 3.05) is 18.6 Å². The highest BCUT2D eigenvalue weighted by Crippen LogP contribution is 2.28. The Balaban J connectivity index is 2.03. The lowest BCUT2D eigenvalue weighted by atomic mass is 10.1. The quantitative estimate of drug-likeness (QED) is 0.719. The fourth-order valence-corrected chi connectivity index (χ4v) is 2.68. The van der Waals surface area contributed by atoms with Gasteiger partial charge in [-0.1, -0.05) is 43.3 Å². The van der Waals surface area contributed by atoms with Gasteiger partial charge in [-0.15, -0.1) is 10.2 Å². The van der Waals surface area contributed by atoms with E-state index in [1.54, 1.807) is 17.0 Å². The maximum absolute atomic E-state index is 13.0. The lowest BCUT2D eigenvalue weighted by Gasteiger charge is -2.23. The summed E-state index contributed by atoms with van der Waals surface area (Å²) in [5.74, 6) is 0.224. The highest BCUT2D eigenvalue weighted by atomic mass is 16.5. The number of hydrogen-bond acceptors (Lipinski definition) is 4. The van der Waals surface area contributed by atoms with Crippen LogP contribution in [0.3, 0.4) is 0 Å². The van der Waals surface area contributed by atoms with Gasteiger partial charge in [0.1, 0.15) is 0 Å². The van der Waals surface area contributed by atoms with Crippen molar-refractivity contribution in [3.8, 4) is 5.88 Å². The van der Waals surface area contributed by atoms with Crippen molar-refractivity contribution in [3.63, 3.8) is 0 Å². The molecule has 122 valence electrons. The van der Waals surface area contributed by atoms with Crippen molar-refractivity contribution in [2.45, 2.75) is 13.3 Å². The first kappa shape index (κ1) is 15.9. The van der Waals surface area contributed by atoms with Gasteiger partial charge in [0.05, 0.1) is 12.8 Å². The molecule has 0 aliphatic rings. The number of hydrogen-bond donors (Lipinski definition) is 0. The summed E-state index contributed by atoms with van der Waals surface area (Å²) < 4.78 is 5.00. The molecule has 0 spiro atoms. The molecule has 1 amide bonds. The molecule has 24 heavy (non-hydrogen) atoms. The van der Waals surface area contributed by atoms with Crippen LogP contribution >= 0.6 is 0 Å². The molecule has 0 radical (unpaired) electrons. The van der Waals surface area contributed by atoms with Crippen molar-refractivity contribution in [1.29, 1.82) is 0 Å². The summed E-state index contributed by atoms with van der Waals surface area (Å²) in [5.41, 5.74) is 1.19. The number of rotatable bonds is 5. The Morgan fingerprint density at radius 3 is 2.54 bits per heavy atom. The molecule has 5 nitrogen and oxygen atoms in total. The highest BCUT2D eigenvalue weighted by Gasteiger charge is 2.20. The van der Waals surface area contributed by atoms with Crippen LogP contribution in [0.25, 0.3) is 10.8 Å². The molecule has 1 aromatic heterocycles. The maximum Gasteiger partial charge on any atom is 0.278 e. The van der Waals surface area contributed by atoms with Gasteiger partial charge in [0.2, 0.25) is 5.88 Å². The Bertz CT molecular complexity index is 841. The van der Waals surface area contributed by atoms with E-state index in [0.717, 1.165) is 22.9 Å². The molecule has 0 aliphatic carbocycles. The predicted molar refractivity (Wildman–Crippen MR) is 94.5 cm³/mol. The van der Waals surface area contributed by atoms with E-state index in [9.17, 15) is 4.79 Å². The fourth-order valence-electron chi connectivity index (χ4n) is 2.68. The molecule has 3 aromatic rings. The Kier molecular flexibility index (Phi) is 4.70. The third-order valence-electron chi connectivity index (χ3n) is 3.82. The average Bonchev–Trinajstić information content (AvgIpc) is 2.65. The van der Waals surface area contributed by atoms with Gasteiger partial charge in [-0.25, -0.2) is 0 Å². The summed E-state index contributed by atoms with van der Waals surface area (Å²) in [5, 5.41) is 10.0. The number of aromatic nitrogens is 2. The molecule has 0 unspecified atom stereocenters. The van der Waals surface area contributed by atoms with E-state index in [1.807, 2.05) is 49.4 Å². The summed E-state index contributed by atoms with van der Waals surface area (Å²) in [6.07, 6.45) is 0.846. The van der Waals surface area contributed by atoms with Gasteiger partial charge in [-0.05, 0) is 23.9 Å². The van der Waals surface area contributed by atoms with Crippen molar-refractivity contribution in [2.24, 2.45) is 0 Å². The fraction of sp³-hybridized carbons (Fsp3) is 0.211. The number of benzene rings is 2. The first-order valence-electron chi connectivity index (χ1n) is 7.92. The maximum atomic E-state index is 13.0. The van der Waals surface area contributed by atoms with Crippen molar-refractivity contribution < 1.29 is 9.53 Å². The van der Waals surface area contributed by atoms with E-state index in [1.165, 1.54) is 7.11 Å². The summed E-state index contributed by atoms with van der Waals surface area (Å²) in [7, 11) is 1.52. The Morgan fingerprint density at radius 1 is 1.04 bits per heavy atom. The molecule has 2 aromatic carbocycles. The van der Waals surface area contributed by atoms with Gasteiger partial charge in [-0.2, -0.15) is 0 Å². The molecule has 0 atom stereocenters. The third-order valence-corrected chi connectivity index (χ3v) is 3.82. The van der Waals surface area contributed by atoms with Gasteiger partial charge in [-0.3, -0.25) is 4.79 Å². The van der Waals surface area contributed by atoms with Gasteiger partial charge >= 0.3 is 0 Å². The number of methoxy groups -OCH3 is 1. The Morgan fingerprint density at radius 2 is 1.83 bits per heavy atom. The molecule has 0 aliphatic heterocycles. The topological polar surface area (TPSA) is 55.3 Å². The smallest absolute Gasteiger partial charge is 0.278 e. The van der Waals surface area contributed by atoms with E-state index in [-0.39, 0.29) is 5.91 Å². The zero-order valence-corrected chi connectivity index (χ0v) is 13.8. The summed E-state index contributed by atoms with van der Waals surface area (Å²) >= 11 is 0. The van der Waals surface area contributed by atoms with Gasteiger partial charge in [0, 0.05) is 18.0 Å². The van der Waals surface area contributed by atoms with Crippen LogP contribution in [-0.2, 0) is 0 Å². The summed E-state index contributed by atoms with van der Waals surface area (Å²) in [4.78, 5) is 14.7. The zero-order valence-electron chi connectivity index (χ0n) is 13.8. The van der Waals surface area contributed by atoms with Crippen LogP contribution in [0.4, 0.5) is 5.69 Å². The normalized spacial score (nSPS) is 10.6. The van der Waals surface area contributed by atoms with Crippen molar-refractivity contribution in [1.82, 2.24) is 10.2 Å². The van der Waals surface area contributed by atoms with Crippen LogP contribution in [0.1, 0.15) is 23.8 Å². The largest absolute Gasteiger partial charge is 0.480 e. The van der Waals surface area contributed by atoms with Crippen molar-refractivity contribution >= 4 is 22.4 Å². The SMILES string of the molecule is CCCN(C(=O)c1ccc(OC)nn1)c1cccc2ccccc12. The molecular formula is C19H19N3O2. The summed E-state index contributed by atoms with van der Waals surface area (Å²) in [6.45, 7) is 2.66. The lowest BCUT2D eigenvalue weighted by Crippen LogP contribution is -2.32. The standard InChI is InChI=1S/C19H19N3O2/c1-3-13-22(19(23)16-11-12-18(24-2)21-20-16)17-10-6-8-14-7-4-5-9-15(14)17/h4-12H,3,13H2,1-2H3. The van der Waals surface area contributed by atoms with Gasteiger partial charge in [0.25, 0.3) is 5.91 Å². The monoisotopic (exact) mass is 321 g/mol. The van der Waals surface area contributed by atoms with Crippen LogP contribution in [0.5, 0.6) is 5.88 Å². The highest BCUT2D eigenvalue weighted by molar-refractivity contribution is 6.09. The van der Waals surface area contributed by atoms with Crippen LogP contribution in [-0.4, -0.2) is 29.8 Å². The molecular weight excluding hydrogens is 302 g/mol. The summed E-state index contributed by atoms with van der Waals surface area (Å²) in [6, 6.07) is 17.3. The number of carbonyl (C=O) groups excluding carboxylic acids is 1. The first-order valence-corrected chi connectivity index (χ1v) is 7.92. The Hall–Kier alpha value is -2.95. The lowest BCUT2D eigenvalue weighted by molar-refractivity contribution is 0.0981. The average molecular weight is 321 g/mol. The number of ether oxygens (including phenoxy) is 1.